The maximum atomic E-state index is 13.3. The van der Waals surface area contributed by atoms with Crippen molar-refractivity contribution in [3.63, 3.8) is 0 Å². The van der Waals surface area contributed by atoms with Crippen LogP contribution in [0.3, 0.4) is 0 Å². The number of fused-ring (bicyclic) bond motifs is 1. The van der Waals surface area contributed by atoms with Crippen molar-refractivity contribution in [3.05, 3.63) is 58.3 Å². The maximum Gasteiger partial charge on any atom is 0.257 e. The Labute approximate surface area is 179 Å². The molecule has 4 heterocycles. The van der Waals surface area contributed by atoms with Crippen LogP contribution in [-0.4, -0.2) is 41.3 Å². The van der Waals surface area contributed by atoms with Crippen LogP contribution in [0.25, 0.3) is 11.3 Å². The number of aryl methyl sites for hydroxylation is 1. The summed E-state index contributed by atoms with van der Waals surface area (Å²) in [6.07, 6.45) is 5.47. The number of anilines is 1. The number of carbonyl (C=O) groups is 2. The number of furan rings is 1. The van der Waals surface area contributed by atoms with Gasteiger partial charge in [0, 0.05) is 36.3 Å². The average molecular weight is 422 g/mol. The summed E-state index contributed by atoms with van der Waals surface area (Å²) in [5, 5.41) is 3.12. The minimum Gasteiger partial charge on any atom is -0.472 e. The van der Waals surface area contributed by atoms with Gasteiger partial charge in [-0.15, -0.1) is 11.3 Å². The van der Waals surface area contributed by atoms with Gasteiger partial charge >= 0.3 is 0 Å². The zero-order chi connectivity index (χ0) is 20.7. The molecular weight excluding hydrogens is 398 g/mol. The van der Waals surface area contributed by atoms with Crippen LogP contribution in [0.2, 0.25) is 0 Å². The SMILES string of the molecule is Cc1nc(-c2ccc3c(c2)CCN3C(=O)[C@H]2CCCN(C(=O)c3ccoc3)C2)cs1. The summed E-state index contributed by atoms with van der Waals surface area (Å²) in [6, 6.07) is 7.93. The first-order chi connectivity index (χ1) is 14.6. The summed E-state index contributed by atoms with van der Waals surface area (Å²) in [4.78, 5) is 34.3. The lowest BCUT2D eigenvalue weighted by atomic mass is 9.96. The molecule has 1 aromatic carbocycles. The molecule has 5 rings (SSSR count). The van der Waals surface area contributed by atoms with Gasteiger partial charge in [0.15, 0.2) is 0 Å². The summed E-state index contributed by atoms with van der Waals surface area (Å²) in [5.41, 5.74) is 4.81. The van der Waals surface area contributed by atoms with E-state index >= 15 is 0 Å². The highest BCUT2D eigenvalue weighted by Gasteiger charge is 2.34. The summed E-state index contributed by atoms with van der Waals surface area (Å²) < 4.78 is 5.04. The summed E-state index contributed by atoms with van der Waals surface area (Å²) in [7, 11) is 0. The lowest BCUT2D eigenvalue weighted by Crippen LogP contribution is -2.46. The minimum absolute atomic E-state index is 0.0636. The molecule has 0 N–H and O–H groups in total. The van der Waals surface area contributed by atoms with Crippen LogP contribution >= 0.6 is 11.3 Å². The predicted molar refractivity (Wildman–Crippen MR) is 116 cm³/mol. The van der Waals surface area contributed by atoms with Crippen molar-refractivity contribution in [2.45, 2.75) is 26.2 Å². The van der Waals surface area contributed by atoms with Gasteiger partial charge in [-0.3, -0.25) is 9.59 Å². The number of hydrogen-bond acceptors (Lipinski definition) is 5. The van der Waals surface area contributed by atoms with Crippen LogP contribution in [0.15, 0.2) is 46.6 Å². The summed E-state index contributed by atoms with van der Waals surface area (Å²) in [6.45, 7) is 3.85. The van der Waals surface area contributed by atoms with E-state index in [0.29, 0.717) is 25.2 Å². The number of piperidine rings is 1. The number of benzene rings is 1. The molecule has 0 unspecified atom stereocenters. The van der Waals surface area contributed by atoms with Gasteiger partial charge < -0.3 is 14.2 Å². The van der Waals surface area contributed by atoms with E-state index < -0.39 is 0 Å². The van der Waals surface area contributed by atoms with Crippen molar-refractivity contribution in [2.24, 2.45) is 5.92 Å². The second-order valence-electron chi connectivity index (χ2n) is 7.94. The normalized spacial score (nSPS) is 18.5. The first kappa shape index (κ1) is 19.1. The van der Waals surface area contributed by atoms with Crippen molar-refractivity contribution < 1.29 is 14.0 Å². The molecule has 7 heteroatoms. The first-order valence-corrected chi connectivity index (χ1v) is 11.2. The third kappa shape index (κ3) is 3.43. The number of rotatable bonds is 3. The number of amides is 2. The Hall–Kier alpha value is -2.93. The molecule has 30 heavy (non-hydrogen) atoms. The van der Waals surface area contributed by atoms with E-state index in [0.717, 1.165) is 41.2 Å². The van der Waals surface area contributed by atoms with Gasteiger partial charge in [0.2, 0.25) is 5.91 Å². The van der Waals surface area contributed by atoms with Crippen LogP contribution in [0.1, 0.15) is 33.8 Å². The standard InChI is InChI=1S/C23H23N3O3S/c1-15-24-20(14-30-15)16-4-5-21-17(11-16)6-9-26(21)23(28)18-3-2-8-25(12-18)22(27)19-7-10-29-13-19/h4-5,7,10-11,13-14,18H,2-3,6,8-9,12H2,1H3/t18-/m0/s1. The van der Waals surface area contributed by atoms with Crippen molar-refractivity contribution in [2.75, 3.05) is 24.5 Å². The Morgan fingerprint density at radius 3 is 2.90 bits per heavy atom. The molecule has 2 aliphatic heterocycles. The van der Waals surface area contributed by atoms with Gasteiger partial charge in [0.1, 0.15) is 6.26 Å². The molecule has 0 radical (unpaired) electrons. The van der Waals surface area contributed by atoms with E-state index in [1.165, 1.54) is 18.1 Å². The highest BCUT2D eigenvalue weighted by Crippen LogP contribution is 2.34. The molecule has 0 spiro atoms. The molecule has 0 aliphatic carbocycles. The summed E-state index contributed by atoms with van der Waals surface area (Å²) >= 11 is 1.64. The minimum atomic E-state index is -0.165. The van der Waals surface area contributed by atoms with Crippen molar-refractivity contribution in [1.82, 2.24) is 9.88 Å². The van der Waals surface area contributed by atoms with Crippen LogP contribution < -0.4 is 4.90 Å². The maximum absolute atomic E-state index is 13.3. The number of likely N-dealkylation sites (tertiary alicyclic amines) is 1. The van der Waals surface area contributed by atoms with Gasteiger partial charge in [-0.2, -0.15) is 0 Å². The van der Waals surface area contributed by atoms with E-state index in [9.17, 15) is 9.59 Å². The van der Waals surface area contributed by atoms with Crippen molar-refractivity contribution in [1.29, 1.82) is 0 Å². The molecule has 2 amide bonds. The van der Waals surface area contributed by atoms with Crippen LogP contribution in [0, 0.1) is 12.8 Å². The van der Waals surface area contributed by atoms with Crippen LogP contribution in [0.5, 0.6) is 0 Å². The fraction of sp³-hybridized carbons (Fsp3) is 0.348. The van der Waals surface area contributed by atoms with Gasteiger partial charge in [0.25, 0.3) is 5.91 Å². The topological polar surface area (TPSA) is 66.7 Å². The molecule has 0 saturated carbocycles. The van der Waals surface area contributed by atoms with E-state index in [2.05, 4.69) is 22.5 Å². The molecule has 1 fully saturated rings. The fourth-order valence-electron chi connectivity index (χ4n) is 4.44. The molecule has 0 bridgehead atoms. The van der Waals surface area contributed by atoms with Gasteiger partial charge in [-0.25, -0.2) is 4.98 Å². The Morgan fingerprint density at radius 2 is 2.13 bits per heavy atom. The van der Waals surface area contributed by atoms with E-state index in [-0.39, 0.29) is 17.7 Å². The molecule has 2 aromatic heterocycles. The number of hydrogen-bond donors (Lipinski definition) is 0. The Morgan fingerprint density at radius 1 is 1.23 bits per heavy atom. The Balaban J connectivity index is 1.32. The molecule has 2 aliphatic rings. The zero-order valence-electron chi connectivity index (χ0n) is 16.8. The van der Waals surface area contributed by atoms with Gasteiger partial charge in [-0.05, 0) is 49.9 Å². The van der Waals surface area contributed by atoms with Crippen LogP contribution in [-0.2, 0) is 11.2 Å². The van der Waals surface area contributed by atoms with E-state index in [4.69, 9.17) is 4.42 Å². The van der Waals surface area contributed by atoms with Gasteiger partial charge in [-0.1, -0.05) is 6.07 Å². The second kappa shape index (κ2) is 7.72. The average Bonchev–Trinajstić information content (AvgIpc) is 3.53. The van der Waals surface area contributed by atoms with Crippen molar-refractivity contribution >= 4 is 28.8 Å². The summed E-state index contributed by atoms with van der Waals surface area (Å²) in [5.74, 6) is -0.108. The smallest absolute Gasteiger partial charge is 0.257 e. The van der Waals surface area contributed by atoms with E-state index in [1.807, 2.05) is 17.9 Å². The fourth-order valence-corrected chi connectivity index (χ4v) is 5.06. The largest absolute Gasteiger partial charge is 0.472 e. The number of carbonyl (C=O) groups excluding carboxylic acids is 2. The lowest BCUT2D eigenvalue weighted by Gasteiger charge is -2.34. The Bertz CT molecular complexity index is 1090. The molecule has 6 nitrogen and oxygen atoms in total. The second-order valence-corrected chi connectivity index (χ2v) is 9.00. The van der Waals surface area contributed by atoms with Gasteiger partial charge in [0.05, 0.1) is 28.4 Å². The van der Waals surface area contributed by atoms with Crippen LogP contribution in [0.4, 0.5) is 5.69 Å². The molecule has 1 atom stereocenters. The quantitative estimate of drug-likeness (QED) is 0.637. The zero-order valence-corrected chi connectivity index (χ0v) is 17.7. The Kier molecular flexibility index (Phi) is 4.90. The number of thiazole rings is 1. The molecular formula is C23H23N3O3S. The highest BCUT2D eigenvalue weighted by atomic mass is 32.1. The van der Waals surface area contributed by atoms with Crippen molar-refractivity contribution in [3.8, 4) is 11.3 Å². The molecule has 3 aromatic rings. The molecule has 1 saturated heterocycles. The molecule has 154 valence electrons. The highest BCUT2D eigenvalue weighted by molar-refractivity contribution is 7.09. The van der Waals surface area contributed by atoms with E-state index in [1.54, 1.807) is 22.3 Å². The number of aromatic nitrogens is 1. The third-order valence-electron chi connectivity index (χ3n) is 5.98. The monoisotopic (exact) mass is 421 g/mol. The first-order valence-electron chi connectivity index (χ1n) is 10.3. The predicted octanol–water partition coefficient (Wildman–Crippen LogP) is 4.15. The number of nitrogens with zero attached hydrogens (tertiary/aromatic N) is 3. The lowest BCUT2D eigenvalue weighted by molar-refractivity contribution is -0.123. The third-order valence-corrected chi connectivity index (χ3v) is 6.76.